The van der Waals surface area contributed by atoms with E-state index in [9.17, 15) is 0 Å². The van der Waals surface area contributed by atoms with Crippen molar-refractivity contribution in [2.75, 3.05) is 0 Å². The van der Waals surface area contributed by atoms with Crippen LogP contribution in [0.25, 0.3) is 44.5 Å². The SMILES string of the molecule is Clc1ccc(-c2nc(-c3ccccc3)c3ccc4ccccc4c3n2)nc1. The van der Waals surface area contributed by atoms with Gasteiger partial charge in [-0.3, -0.25) is 4.98 Å². The zero-order valence-corrected chi connectivity index (χ0v) is 15.1. The summed E-state index contributed by atoms with van der Waals surface area (Å²) in [6.07, 6.45) is 1.62. The fourth-order valence-electron chi connectivity index (χ4n) is 3.30. The second-order valence-corrected chi connectivity index (χ2v) is 6.74. The van der Waals surface area contributed by atoms with Gasteiger partial charge in [-0.1, -0.05) is 72.3 Å². The molecule has 0 bridgehead atoms. The van der Waals surface area contributed by atoms with Crippen LogP contribution < -0.4 is 0 Å². The number of pyridine rings is 1. The van der Waals surface area contributed by atoms with Crippen molar-refractivity contribution in [2.24, 2.45) is 0 Å². The zero-order chi connectivity index (χ0) is 18.2. The van der Waals surface area contributed by atoms with Crippen LogP contribution >= 0.6 is 11.6 Å². The number of fused-ring (bicyclic) bond motifs is 3. The molecule has 0 N–H and O–H groups in total. The standard InChI is InChI=1S/C23H14ClN3/c24-17-11-13-20(25-14-17)23-26-21(16-7-2-1-3-8-16)19-12-10-15-6-4-5-9-18(15)22(19)27-23/h1-14H. The molecule has 0 aliphatic carbocycles. The van der Waals surface area contributed by atoms with Crippen LogP contribution in [0, 0.1) is 0 Å². The maximum Gasteiger partial charge on any atom is 0.179 e. The summed E-state index contributed by atoms with van der Waals surface area (Å²) in [5.74, 6) is 0.592. The van der Waals surface area contributed by atoms with Crippen molar-refractivity contribution in [3.63, 3.8) is 0 Å². The van der Waals surface area contributed by atoms with Crippen LogP contribution in [0.3, 0.4) is 0 Å². The number of hydrogen-bond donors (Lipinski definition) is 0. The summed E-state index contributed by atoms with van der Waals surface area (Å²) in [5, 5.41) is 3.87. The molecule has 0 aliphatic heterocycles. The molecular weight excluding hydrogens is 354 g/mol. The monoisotopic (exact) mass is 367 g/mol. The lowest BCUT2D eigenvalue weighted by Crippen LogP contribution is -1.97. The van der Waals surface area contributed by atoms with Gasteiger partial charge in [0.2, 0.25) is 0 Å². The third kappa shape index (κ3) is 2.82. The van der Waals surface area contributed by atoms with Crippen LogP contribution in [0.2, 0.25) is 5.02 Å². The van der Waals surface area contributed by atoms with E-state index in [0.717, 1.165) is 32.9 Å². The van der Waals surface area contributed by atoms with E-state index < -0.39 is 0 Å². The zero-order valence-electron chi connectivity index (χ0n) is 14.3. The van der Waals surface area contributed by atoms with Crippen LogP contribution in [-0.2, 0) is 0 Å². The van der Waals surface area contributed by atoms with Gasteiger partial charge in [-0.15, -0.1) is 0 Å². The molecule has 0 fully saturated rings. The Hall–Kier alpha value is -3.30. The average molecular weight is 368 g/mol. The van der Waals surface area contributed by atoms with Gasteiger partial charge in [0.05, 0.1) is 16.2 Å². The molecule has 0 atom stereocenters. The van der Waals surface area contributed by atoms with E-state index in [2.05, 4.69) is 41.4 Å². The normalized spacial score (nSPS) is 11.1. The minimum Gasteiger partial charge on any atom is -0.251 e. The minimum atomic E-state index is 0.591. The topological polar surface area (TPSA) is 38.7 Å². The Morgan fingerprint density at radius 2 is 1.48 bits per heavy atom. The number of aromatic nitrogens is 3. The highest BCUT2D eigenvalue weighted by Gasteiger charge is 2.14. The third-order valence-corrected chi connectivity index (χ3v) is 4.82. The number of rotatable bonds is 2. The Kier molecular flexibility index (Phi) is 3.80. The number of halogens is 1. The largest absolute Gasteiger partial charge is 0.251 e. The Morgan fingerprint density at radius 1 is 0.667 bits per heavy atom. The number of hydrogen-bond acceptors (Lipinski definition) is 3. The van der Waals surface area contributed by atoms with Crippen molar-refractivity contribution in [3.05, 3.63) is 90.1 Å². The van der Waals surface area contributed by atoms with E-state index in [-0.39, 0.29) is 0 Å². The Bertz CT molecular complexity index is 1270. The summed E-state index contributed by atoms with van der Waals surface area (Å²) in [4.78, 5) is 14.1. The Balaban J connectivity index is 1.89. The molecule has 0 amide bonds. The first-order chi connectivity index (χ1) is 13.3. The molecule has 0 spiro atoms. The fourth-order valence-corrected chi connectivity index (χ4v) is 3.41. The summed E-state index contributed by atoms with van der Waals surface area (Å²) in [5.41, 5.74) is 3.58. The van der Waals surface area contributed by atoms with E-state index in [1.807, 2.05) is 42.5 Å². The van der Waals surface area contributed by atoms with Gasteiger partial charge in [0.1, 0.15) is 5.69 Å². The molecule has 4 heteroatoms. The van der Waals surface area contributed by atoms with Gasteiger partial charge >= 0.3 is 0 Å². The van der Waals surface area contributed by atoms with Crippen molar-refractivity contribution < 1.29 is 0 Å². The quantitative estimate of drug-likeness (QED) is 0.350. The summed E-state index contributed by atoms with van der Waals surface area (Å²) in [6, 6.07) is 26.3. The molecule has 0 unspecified atom stereocenters. The second kappa shape index (κ2) is 6.45. The third-order valence-electron chi connectivity index (χ3n) is 4.59. The highest BCUT2D eigenvalue weighted by Crippen LogP contribution is 2.32. The minimum absolute atomic E-state index is 0.591. The molecule has 2 aromatic heterocycles. The lowest BCUT2D eigenvalue weighted by Gasteiger charge is -2.11. The van der Waals surface area contributed by atoms with E-state index in [1.54, 1.807) is 6.20 Å². The first-order valence-electron chi connectivity index (χ1n) is 8.66. The Morgan fingerprint density at radius 3 is 2.30 bits per heavy atom. The van der Waals surface area contributed by atoms with Crippen LogP contribution in [0.1, 0.15) is 0 Å². The van der Waals surface area contributed by atoms with Crippen molar-refractivity contribution in [3.8, 4) is 22.8 Å². The maximum absolute atomic E-state index is 6.00. The van der Waals surface area contributed by atoms with Gasteiger partial charge in [-0.2, -0.15) is 0 Å². The van der Waals surface area contributed by atoms with Gasteiger partial charge in [0.25, 0.3) is 0 Å². The Labute approximate surface area is 161 Å². The summed E-state index contributed by atoms with van der Waals surface area (Å²) < 4.78 is 0. The van der Waals surface area contributed by atoms with Crippen LogP contribution in [0.15, 0.2) is 85.1 Å². The van der Waals surface area contributed by atoms with Crippen LogP contribution in [-0.4, -0.2) is 15.0 Å². The first kappa shape index (κ1) is 15.9. The fraction of sp³-hybridized carbons (Fsp3) is 0. The maximum atomic E-state index is 6.00. The highest BCUT2D eigenvalue weighted by molar-refractivity contribution is 6.30. The van der Waals surface area contributed by atoms with E-state index >= 15 is 0 Å². The molecule has 3 nitrogen and oxygen atoms in total. The van der Waals surface area contributed by atoms with Crippen molar-refractivity contribution >= 4 is 33.3 Å². The molecule has 2 heterocycles. The van der Waals surface area contributed by atoms with Gasteiger partial charge in [0, 0.05) is 22.5 Å². The van der Waals surface area contributed by atoms with Gasteiger partial charge in [-0.05, 0) is 23.6 Å². The number of benzene rings is 3. The summed E-state index contributed by atoms with van der Waals surface area (Å²) in [6.45, 7) is 0. The second-order valence-electron chi connectivity index (χ2n) is 6.31. The molecule has 0 saturated heterocycles. The predicted octanol–water partition coefficient (Wildman–Crippen LogP) is 6.17. The average Bonchev–Trinajstić information content (AvgIpc) is 2.74. The number of nitrogens with zero attached hydrogens (tertiary/aromatic N) is 3. The van der Waals surface area contributed by atoms with E-state index in [0.29, 0.717) is 16.5 Å². The lowest BCUT2D eigenvalue weighted by atomic mass is 10.0. The van der Waals surface area contributed by atoms with Gasteiger partial charge < -0.3 is 0 Å². The smallest absolute Gasteiger partial charge is 0.179 e. The van der Waals surface area contributed by atoms with Crippen LogP contribution in [0.5, 0.6) is 0 Å². The summed E-state index contributed by atoms with van der Waals surface area (Å²) in [7, 11) is 0. The van der Waals surface area contributed by atoms with Crippen molar-refractivity contribution in [1.82, 2.24) is 15.0 Å². The molecular formula is C23H14ClN3. The first-order valence-corrected chi connectivity index (χ1v) is 9.04. The highest BCUT2D eigenvalue weighted by atomic mass is 35.5. The molecule has 0 saturated carbocycles. The van der Waals surface area contributed by atoms with E-state index in [4.69, 9.17) is 21.6 Å². The van der Waals surface area contributed by atoms with Crippen LogP contribution in [0.4, 0.5) is 0 Å². The van der Waals surface area contributed by atoms with Gasteiger partial charge in [-0.25, -0.2) is 9.97 Å². The molecule has 5 rings (SSSR count). The van der Waals surface area contributed by atoms with Gasteiger partial charge in [0.15, 0.2) is 5.82 Å². The summed E-state index contributed by atoms with van der Waals surface area (Å²) >= 11 is 6.00. The molecule has 5 aromatic rings. The lowest BCUT2D eigenvalue weighted by molar-refractivity contribution is 1.18. The molecule has 128 valence electrons. The molecule has 3 aromatic carbocycles. The predicted molar refractivity (Wildman–Crippen MR) is 111 cm³/mol. The molecule has 0 aliphatic rings. The van der Waals surface area contributed by atoms with Crippen molar-refractivity contribution in [1.29, 1.82) is 0 Å². The van der Waals surface area contributed by atoms with E-state index in [1.165, 1.54) is 0 Å². The molecule has 0 radical (unpaired) electrons. The molecule has 27 heavy (non-hydrogen) atoms. The van der Waals surface area contributed by atoms with Crippen molar-refractivity contribution in [2.45, 2.75) is 0 Å².